The molecule has 3 N–H and O–H groups in total. The van der Waals surface area contributed by atoms with Crippen molar-refractivity contribution in [1.82, 2.24) is 4.90 Å². The van der Waals surface area contributed by atoms with E-state index in [2.05, 4.69) is 6.58 Å². The van der Waals surface area contributed by atoms with Gasteiger partial charge < -0.3 is 15.6 Å². The number of hydrogen-bond donors (Lipinski definition) is 2. The van der Waals surface area contributed by atoms with Gasteiger partial charge in [-0.3, -0.25) is 9.69 Å². The summed E-state index contributed by atoms with van der Waals surface area (Å²) in [5.74, 6) is -5.46. The van der Waals surface area contributed by atoms with E-state index < -0.39 is 42.5 Å². The van der Waals surface area contributed by atoms with Crippen LogP contribution in [0, 0.1) is 11.7 Å². The minimum atomic E-state index is -5.61. The molecule has 2 aromatic rings. The second kappa shape index (κ2) is 13.7. The van der Waals surface area contributed by atoms with Gasteiger partial charge in [0.25, 0.3) is 0 Å². The maximum atomic E-state index is 15.0. The number of amides is 1. The van der Waals surface area contributed by atoms with Crippen molar-refractivity contribution in [1.29, 1.82) is 0 Å². The van der Waals surface area contributed by atoms with Crippen LogP contribution in [0.5, 0.6) is 5.75 Å². The van der Waals surface area contributed by atoms with E-state index in [-0.39, 0.29) is 24.5 Å². The van der Waals surface area contributed by atoms with Crippen molar-refractivity contribution < 1.29 is 41.0 Å². The first-order valence-electron chi connectivity index (χ1n) is 13.6. The number of aliphatic hydroxyl groups excluding tert-OH is 1. The van der Waals surface area contributed by atoms with Gasteiger partial charge in [-0.1, -0.05) is 49.8 Å². The summed E-state index contributed by atoms with van der Waals surface area (Å²) in [6, 6.07) is 10.4. The van der Waals surface area contributed by atoms with Gasteiger partial charge in [0.1, 0.15) is 17.8 Å². The molecule has 0 radical (unpaired) electrons. The Kier molecular flexibility index (Phi) is 10.9. The summed E-state index contributed by atoms with van der Waals surface area (Å²) in [5, 5.41) is 10.7. The zero-order valence-electron chi connectivity index (χ0n) is 22.9. The van der Waals surface area contributed by atoms with E-state index in [1.165, 1.54) is 6.07 Å². The second-order valence-electron chi connectivity index (χ2n) is 10.6. The van der Waals surface area contributed by atoms with Crippen LogP contribution in [-0.2, 0) is 4.79 Å². The number of primary amides is 1. The van der Waals surface area contributed by atoms with Crippen molar-refractivity contribution >= 4 is 5.91 Å². The second-order valence-corrected chi connectivity index (χ2v) is 10.6. The number of carbonyl (C=O) groups excluding carboxylic acids is 1. The maximum Gasteiger partial charge on any atom is 0.453 e. The number of carbonyl (C=O) groups is 1. The molecule has 0 spiro atoms. The lowest BCUT2D eigenvalue weighted by Gasteiger charge is -2.28. The zero-order valence-corrected chi connectivity index (χ0v) is 22.9. The molecule has 0 aliphatic carbocycles. The number of hydrogen-bond acceptors (Lipinski definition) is 4. The van der Waals surface area contributed by atoms with Crippen LogP contribution in [0.4, 0.5) is 26.3 Å². The molecule has 3 atom stereocenters. The molecule has 3 rings (SSSR count). The first kappa shape index (κ1) is 32.5. The molecule has 1 aliphatic rings. The number of rotatable bonds is 14. The fraction of sp³-hybridized carbons (Fsp3) is 0.500. The standard InChI is InChI=1S/C30H36F6N2O3/c1-3-5-20(8-7-19(2)17-29(32,33)30(34,35)36)18-41-23-12-9-21(10-13-23)24-14-11-22(16-25(24)31)28(40)38-15-4-6-26(38)27(37)39/h9-14,16,20,26,28,40H,2-8,15,17-18H2,1H3,(H2,37,39). The largest absolute Gasteiger partial charge is 0.493 e. The van der Waals surface area contributed by atoms with E-state index in [0.29, 0.717) is 54.7 Å². The predicted octanol–water partition coefficient (Wildman–Crippen LogP) is 7.15. The molecule has 1 amide bonds. The number of aliphatic hydroxyl groups is 1. The molecule has 5 nitrogen and oxygen atoms in total. The molecule has 1 saturated heterocycles. The lowest BCUT2D eigenvalue weighted by molar-refractivity contribution is -0.281. The van der Waals surface area contributed by atoms with Gasteiger partial charge in [-0.2, -0.15) is 22.0 Å². The minimum absolute atomic E-state index is 0.0313. The molecule has 0 bridgehead atoms. The van der Waals surface area contributed by atoms with Gasteiger partial charge >= 0.3 is 12.1 Å². The van der Waals surface area contributed by atoms with Crippen LogP contribution in [0.1, 0.15) is 63.7 Å². The average Bonchev–Trinajstić information content (AvgIpc) is 3.40. The molecule has 1 fully saturated rings. The normalized spacial score (nSPS) is 17.8. The van der Waals surface area contributed by atoms with Gasteiger partial charge in [-0.15, -0.1) is 0 Å². The fourth-order valence-corrected chi connectivity index (χ4v) is 5.08. The highest BCUT2D eigenvalue weighted by Gasteiger charge is 2.57. The Labute approximate surface area is 236 Å². The van der Waals surface area contributed by atoms with Gasteiger partial charge in [0.05, 0.1) is 12.6 Å². The van der Waals surface area contributed by atoms with Crippen LogP contribution in [0.2, 0.25) is 0 Å². The molecular weight excluding hydrogens is 550 g/mol. The molecule has 3 unspecified atom stereocenters. The molecule has 11 heteroatoms. The summed E-state index contributed by atoms with van der Waals surface area (Å²) < 4.78 is 84.9. The zero-order chi connectivity index (χ0) is 30.4. The van der Waals surface area contributed by atoms with Gasteiger partial charge in [0.2, 0.25) is 5.91 Å². The quantitative estimate of drug-likeness (QED) is 0.182. The van der Waals surface area contributed by atoms with Crippen LogP contribution in [0.3, 0.4) is 0 Å². The third-order valence-corrected chi connectivity index (χ3v) is 7.37. The maximum absolute atomic E-state index is 15.0. The van der Waals surface area contributed by atoms with Crippen molar-refractivity contribution in [3.05, 3.63) is 66.0 Å². The molecular formula is C30H36F6N2O3. The third-order valence-electron chi connectivity index (χ3n) is 7.37. The number of alkyl halides is 5. The van der Waals surface area contributed by atoms with Gasteiger partial charge in [-0.25, -0.2) is 4.39 Å². The molecule has 1 aliphatic heterocycles. The number of benzene rings is 2. The number of allylic oxidation sites excluding steroid dienone is 1. The molecule has 2 aromatic carbocycles. The van der Waals surface area contributed by atoms with E-state index in [9.17, 15) is 31.9 Å². The van der Waals surface area contributed by atoms with E-state index in [4.69, 9.17) is 10.5 Å². The average molecular weight is 587 g/mol. The molecule has 226 valence electrons. The minimum Gasteiger partial charge on any atom is -0.493 e. The smallest absolute Gasteiger partial charge is 0.453 e. The Balaban J connectivity index is 1.58. The van der Waals surface area contributed by atoms with Crippen molar-refractivity contribution in [3.63, 3.8) is 0 Å². The van der Waals surface area contributed by atoms with Crippen molar-refractivity contribution in [3.8, 4) is 16.9 Å². The van der Waals surface area contributed by atoms with Crippen molar-refractivity contribution in [2.24, 2.45) is 11.7 Å². The Hall–Kier alpha value is -3.05. The topological polar surface area (TPSA) is 75.8 Å². The molecule has 0 aromatic heterocycles. The summed E-state index contributed by atoms with van der Waals surface area (Å²) in [6.45, 7) is 6.06. The Bertz CT molecular complexity index is 1190. The predicted molar refractivity (Wildman–Crippen MR) is 144 cm³/mol. The van der Waals surface area contributed by atoms with E-state index in [1.807, 2.05) is 6.92 Å². The van der Waals surface area contributed by atoms with E-state index in [1.54, 1.807) is 41.3 Å². The van der Waals surface area contributed by atoms with Gasteiger partial charge in [0, 0.05) is 18.5 Å². The number of nitrogens with zero attached hydrogens (tertiary/aromatic N) is 1. The van der Waals surface area contributed by atoms with Crippen LogP contribution in [0.25, 0.3) is 11.1 Å². The van der Waals surface area contributed by atoms with Crippen LogP contribution in [-0.4, -0.2) is 47.2 Å². The van der Waals surface area contributed by atoms with Crippen molar-refractivity contribution in [2.45, 2.75) is 76.2 Å². The SMILES string of the molecule is C=C(CCC(CCC)COc1ccc(-c2ccc(C(O)N3CCCC3C(N)=O)cc2F)cc1)CC(F)(F)C(F)(F)F. The van der Waals surface area contributed by atoms with Crippen molar-refractivity contribution in [2.75, 3.05) is 13.2 Å². The third kappa shape index (κ3) is 8.48. The Morgan fingerprint density at radius 2 is 1.83 bits per heavy atom. The summed E-state index contributed by atoms with van der Waals surface area (Å²) in [7, 11) is 0. The highest BCUT2D eigenvalue weighted by molar-refractivity contribution is 5.80. The summed E-state index contributed by atoms with van der Waals surface area (Å²) in [5.41, 5.74) is 6.44. The lowest BCUT2D eigenvalue weighted by atomic mass is 9.94. The Morgan fingerprint density at radius 1 is 1.15 bits per heavy atom. The van der Waals surface area contributed by atoms with Crippen LogP contribution >= 0.6 is 0 Å². The summed E-state index contributed by atoms with van der Waals surface area (Å²) in [4.78, 5) is 13.2. The highest BCUT2D eigenvalue weighted by Crippen LogP contribution is 2.40. The van der Waals surface area contributed by atoms with E-state index in [0.717, 1.165) is 6.42 Å². The number of halogens is 6. The van der Waals surface area contributed by atoms with Crippen LogP contribution < -0.4 is 10.5 Å². The number of ether oxygens (including phenoxy) is 1. The van der Waals surface area contributed by atoms with Gasteiger partial charge in [-0.05, 0) is 67.3 Å². The molecule has 41 heavy (non-hydrogen) atoms. The number of nitrogens with two attached hydrogens (primary N) is 1. The first-order chi connectivity index (χ1) is 19.2. The van der Waals surface area contributed by atoms with Gasteiger partial charge in [0.15, 0.2) is 0 Å². The summed E-state index contributed by atoms with van der Waals surface area (Å²) >= 11 is 0. The number of likely N-dealkylation sites (tertiary alicyclic amines) is 1. The fourth-order valence-electron chi connectivity index (χ4n) is 5.08. The highest BCUT2D eigenvalue weighted by atomic mass is 19.4. The molecule has 0 saturated carbocycles. The summed E-state index contributed by atoms with van der Waals surface area (Å²) in [6.07, 6.45) is -5.09. The van der Waals surface area contributed by atoms with E-state index >= 15 is 4.39 Å². The lowest BCUT2D eigenvalue weighted by Crippen LogP contribution is -2.42. The Morgan fingerprint density at radius 3 is 2.41 bits per heavy atom. The monoisotopic (exact) mass is 586 g/mol. The first-order valence-corrected chi connectivity index (χ1v) is 13.6. The van der Waals surface area contributed by atoms with Crippen LogP contribution in [0.15, 0.2) is 54.6 Å². The molecule has 1 heterocycles.